The van der Waals surface area contributed by atoms with Crippen molar-refractivity contribution in [2.75, 3.05) is 13.2 Å². The van der Waals surface area contributed by atoms with E-state index in [0.29, 0.717) is 47.1 Å². The molecule has 0 saturated heterocycles. The lowest BCUT2D eigenvalue weighted by Gasteiger charge is -2.12. The van der Waals surface area contributed by atoms with E-state index < -0.39 is 0 Å². The van der Waals surface area contributed by atoms with Crippen LogP contribution in [-0.4, -0.2) is 28.9 Å². The maximum absolute atomic E-state index is 12.5. The number of hydrogen-bond donors (Lipinski definition) is 1. The zero-order valence-electron chi connectivity index (χ0n) is 17.2. The van der Waals surface area contributed by atoms with Crippen LogP contribution < -0.4 is 19.5 Å². The van der Waals surface area contributed by atoms with Gasteiger partial charge in [0.25, 0.3) is 5.91 Å². The zero-order valence-corrected chi connectivity index (χ0v) is 18.7. The van der Waals surface area contributed by atoms with Gasteiger partial charge in [-0.2, -0.15) is 5.10 Å². The van der Waals surface area contributed by atoms with Crippen LogP contribution in [0.1, 0.15) is 29.9 Å². The number of nitrogens with one attached hydrogen (secondary N) is 1. The number of halogens is 2. The molecule has 3 rings (SSSR count). The Morgan fingerprint density at radius 2 is 1.77 bits per heavy atom. The summed E-state index contributed by atoms with van der Waals surface area (Å²) < 4.78 is 18.3. The Morgan fingerprint density at radius 1 is 1.00 bits per heavy atom. The number of rotatable bonds is 10. The number of hydrogen-bond acceptors (Lipinski definition) is 5. The molecule has 1 aromatic heterocycles. The number of carbonyl (C=O) groups is 1. The van der Waals surface area contributed by atoms with Gasteiger partial charge in [0, 0.05) is 12.7 Å². The number of carbonyl (C=O) groups excluding carboxylic acids is 1. The lowest BCUT2D eigenvalue weighted by atomic mass is 10.2. The van der Waals surface area contributed by atoms with E-state index in [1.807, 2.05) is 32.0 Å². The molecule has 0 aliphatic rings. The fourth-order valence-electron chi connectivity index (χ4n) is 2.76. The Morgan fingerprint density at radius 3 is 2.55 bits per heavy atom. The summed E-state index contributed by atoms with van der Waals surface area (Å²) in [6.45, 7) is 5.31. The SMILES string of the molecule is CCOc1ccc(CNC(=O)c2ccn(COc3cccc(Cl)c3Cl)n2)cc1OCC. The molecule has 0 unspecified atom stereocenters. The maximum atomic E-state index is 12.5. The molecule has 2 aromatic carbocycles. The minimum Gasteiger partial charge on any atom is -0.490 e. The van der Waals surface area contributed by atoms with Crippen molar-refractivity contribution in [3.8, 4) is 17.2 Å². The summed E-state index contributed by atoms with van der Waals surface area (Å²) in [5.41, 5.74) is 1.16. The third-order valence-electron chi connectivity index (χ3n) is 4.20. The van der Waals surface area contributed by atoms with Gasteiger partial charge in [-0.05, 0) is 49.7 Å². The summed E-state index contributed by atoms with van der Waals surface area (Å²) in [5, 5.41) is 7.82. The van der Waals surface area contributed by atoms with E-state index in [2.05, 4.69) is 10.4 Å². The van der Waals surface area contributed by atoms with Crippen LogP contribution in [0.25, 0.3) is 0 Å². The van der Waals surface area contributed by atoms with Crippen molar-refractivity contribution in [1.82, 2.24) is 15.1 Å². The van der Waals surface area contributed by atoms with E-state index >= 15 is 0 Å². The Labute approximate surface area is 190 Å². The van der Waals surface area contributed by atoms with Crippen LogP contribution in [0.4, 0.5) is 0 Å². The molecule has 0 spiro atoms. The van der Waals surface area contributed by atoms with Crippen LogP contribution in [0.15, 0.2) is 48.7 Å². The van der Waals surface area contributed by atoms with Crippen molar-refractivity contribution in [1.29, 1.82) is 0 Å². The van der Waals surface area contributed by atoms with Gasteiger partial charge in [0.2, 0.25) is 0 Å². The molecule has 0 aliphatic heterocycles. The van der Waals surface area contributed by atoms with Crippen molar-refractivity contribution in [3.63, 3.8) is 0 Å². The predicted molar refractivity (Wildman–Crippen MR) is 119 cm³/mol. The number of benzene rings is 2. The molecule has 0 fully saturated rings. The average molecular weight is 464 g/mol. The van der Waals surface area contributed by atoms with Gasteiger partial charge < -0.3 is 19.5 Å². The van der Waals surface area contributed by atoms with Gasteiger partial charge in [-0.1, -0.05) is 35.3 Å². The van der Waals surface area contributed by atoms with E-state index in [1.54, 1.807) is 30.5 Å². The van der Waals surface area contributed by atoms with E-state index in [9.17, 15) is 4.79 Å². The topological polar surface area (TPSA) is 74.6 Å². The summed E-state index contributed by atoms with van der Waals surface area (Å²) >= 11 is 12.1. The van der Waals surface area contributed by atoms with Gasteiger partial charge in [0.15, 0.2) is 18.2 Å². The van der Waals surface area contributed by atoms with Gasteiger partial charge in [-0.15, -0.1) is 0 Å². The first-order valence-electron chi connectivity index (χ1n) is 9.78. The highest BCUT2D eigenvalue weighted by Gasteiger charge is 2.12. The number of amides is 1. The molecule has 9 heteroatoms. The molecule has 1 amide bonds. The van der Waals surface area contributed by atoms with Gasteiger partial charge in [0.1, 0.15) is 16.5 Å². The second-order valence-electron chi connectivity index (χ2n) is 6.40. The first-order chi connectivity index (χ1) is 15.0. The van der Waals surface area contributed by atoms with Gasteiger partial charge in [-0.25, -0.2) is 4.68 Å². The normalized spacial score (nSPS) is 10.6. The van der Waals surface area contributed by atoms with Crippen LogP contribution in [0.5, 0.6) is 17.2 Å². The molecule has 0 saturated carbocycles. The van der Waals surface area contributed by atoms with Crippen LogP contribution in [-0.2, 0) is 13.3 Å². The molecule has 0 aliphatic carbocycles. The maximum Gasteiger partial charge on any atom is 0.272 e. The molecule has 164 valence electrons. The van der Waals surface area contributed by atoms with Crippen LogP contribution in [0.2, 0.25) is 10.0 Å². The fraction of sp³-hybridized carbons (Fsp3) is 0.273. The smallest absolute Gasteiger partial charge is 0.272 e. The fourth-order valence-corrected chi connectivity index (χ4v) is 3.11. The Balaban J connectivity index is 1.57. The summed E-state index contributed by atoms with van der Waals surface area (Å²) in [6, 6.07) is 12.3. The molecule has 0 radical (unpaired) electrons. The Hall–Kier alpha value is -2.90. The molecule has 1 heterocycles. The van der Waals surface area contributed by atoms with Gasteiger partial charge >= 0.3 is 0 Å². The van der Waals surface area contributed by atoms with Crippen LogP contribution in [0, 0.1) is 0 Å². The molecule has 1 N–H and O–H groups in total. The number of aromatic nitrogens is 2. The van der Waals surface area contributed by atoms with E-state index in [0.717, 1.165) is 5.56 Å². The Kier molecular flexibility index (Phi) is 8.03. The quantitative estimate of drug-likeness (QED) is 0.460. The van der Waals surface area contributed by atoms with Crippen molar-refractivity contribution in [2.24, 2.45) is 0 Å². The molecule has 31 heavy (non-hydrogen) atoms. The highest BCUT2D eigenvalue weighted by molar-refractivity contribution is 6.42. The third kappa shape index (κ3) is 6.06. The third-order valence-corrected chi connectivity index (χ3v) is 5.00. The molecular weight excluding hydrogens is 441 g/mol. The van der Waals surface area contributed by atoms with Crippen LogP contribution in [0.3, 0.4) is 0 Å². The van der Waals surface area contributed by atoms with Crippen molar-refractivity contribution in [2.45, 2.75) is 27.1 Å². The molecule has 0 atom stereocenters. The molecular formula is C22H23Cl2N3O4. The van der Waals surface area contributed by atoms with Crippen molar-refractivity contribution in [3.05, 3.63) is 70.0 Å². The predicted octanol–water partition coefficient (Wildman–Crippen LogP) is 4.95. The standard InChI is InChI=1S/C22H23Cl2N3O4/c1-3-29-18-9-8-15(12-20(18)30-4-2)13-25-22(28)17-10-11-27(26-17)14-31-19-7-5-6-16(23)21(19)24/h5-12H,3-4,13-14H2,1-2H3,(H,25,28). The van der Waals surface area contributed by atoms with E-state index in [4.69, 9.17) is 37.4 Å². The second kappa shape index (κ2) is 10.9. The van der Waals surface area contributed by atoms with Gasteiger partial charge in [0.05, 0.1) is 18.2 Å². The monoisotopic (exact) mass is 463 g/mol. The lowest BCUT2D eigenvalue weighted by molar-refractivity contribution is 0.0943. The first-order valence-corrected chi connectivity index (χ1v) is 10.5. The zero-order chi connectivity index (χ0) is 22.2. The number of nitrogens with zero attached hydrogens (tertiary/aromatic N) is 2. The summed E-state index contributed by atoms with van der Waals surface area (Å²) in [4.78, 5) is 12.5. The highest BCUT2D eigenvalue weighted by Crippen LogP contribution is 2.31. The largest absolute Gasteiger partial charge is 0.490 e. The number of ether oxygens (including phenoxy) is 3. The summed E-state index contributed by atoms with van der Waals surface area (Å²) in [6.07, 6.45) is 1.65. The second-order valence-corrected chi connectivity index (χ2v) is 7.18. The minimum absolute atomic E-state index is 0.0873. The minimum atomic E-state index is -0.300. The first kappa shape index (κ1) is 22.8. The van der Waals surface area contributed by atoms with Crippen molar-refractivity contribution >= 4 is 29.1 Å². The van der Waals surface area contributed by atoms with E-state index in [-0.39, 0.29) is 18.3 Å². The molecule has 7 nitrogen and oxygen atoms in total. The van der Waals surface area contributed by atoms with Gasteiger partial charge in [-0.3, -0.25) is 4.79 Å². The highest BCUT2D eigenvalue weighted by atomic mass is 35.5. The lowest BCUT2D eigenvalue weighted by Crippen LogP contribution is -2.23. The molecule has 3 aromatic rings. The summed E-state index contributed by atoms with van der Waals surface area (Å²) in [7, 11) is 0. The summed E-state index contributed by atoms with van der Waals surface area (Å²) in [5.74, 6) is 1.47. The van der Waals surface area contributed by atoms with Crippen molar-refractivity contribution < 1.29 is 19.0 Å². The molecule has 0 bridgehead atoms. The Bertz CT molecular complexity index is 1040. The van der Waals surface area contributed by atoms with Crippen LogP contribution >= 0.6 is 23.2 Å². The van der Waals surface area contributed by atoms with E-state index in [1.165, 1.54) is 4.68 Å². The average Bonchev–Trinajstić information content (AvgIpc) is 3.24.